The van der Waals surface area contributed by atoms with Crippen molar-refractivity contribution in [1.29, 1.82) is 0 Å². The van der Waals surface area contributed by atoms with Crippen LogP contribution in [0.4, 0.5) is 4.39 Å². The molecule has 3 nitrogen and oxygen atoms in total. The maximum absolute atomic E-state index is 13.4. The van der Waals surface area contributed by atoms with Crippen LogP contribution in [0.3, 0.4) is 0 Å². The first-order valence-corrected chi connectivity index (χ1v) is 6.15. The van der Waals surface area contributed by atoms with Crippen LogP contribution >= 0.6 is 0 Å². The Morgan fingerprint density at radius 1 is 1.39 bits per heavy atom. The standard InChI is InChI=1S/C14H18FN3/c1-3-5-18-6-4-17-14(18)13(16)11-7-10(2)8-12(15)9-11/h4,6-9,13H,3,5,16H2,1-2H3. The molecule has 18 heavy (non-hydrogen) atoms. The van der Waals surface area contributed by atoms with Crippen molar-refractivity contribution in [3.05, 3.63) is 53.4 Å². The Hall–Kier alpha value is -1.68. The van der Waals surface area contributed by atoms with E-state index in [9.17, 15) is 4.39 Å². The predicted molar refractivity (Wildman–Crippen MR) is 69.7 cm³/mol. The van der Waals surface area contributed by atoms with Crippen LogP contribution in [0.1, 0.15) is 36.3 Å². The van der Waals surface area contributed by atoms with Gasteiger partial charge in [0.25, 0.3) is 0 Å². The predicted octanol–water partition coefficient (Wildman–Crippen LogP) is 2.79. The number of aryl methyl sites for hydroxylation is 2. The van der Waals surface area contributed by atoms with Crippen molar-refractivity contribution in [2.24, 2.45) is 5.73 Å². The summed E-state index contributed by atoms with van der Waals surface area (Å²) in [4.78, 5) is 4.29. The molecule has 0 fully saturated rings. The SMILES string of the molecule is CCCn1ccnc1C(N)c1cc(C)cc(F)c1. The number of benzene rings is 1. The van der Waals surface area contributed by atoms with E-state index in [2.05, 4.69) is 11.9 Å². The highest BCUT2D eigenvalue weighted by atomic mass is 19.1. The summed E-state index contributed by atoms with van der Waals surface area (Å²) in [6.07, 6.45) is 4.65. The van der Waals surface area contributed by atoms with Gasteiger partial charge < -0.3 is 10.3 Å². The monoisotopic (exact) mass is 247 g/mol. The molecule has 1 atom stereocenters. The van der Waals surface area contributed by atoms with Gasteiger partial charge in [0.15, 0.2) is 0 Å². The molecule has 0 saturated carbocycles. The first-order valence-electron chi connectivity index (χ1n) is 6.15. The Morgan fingerprint density at radius 3 is 2.83 bits per heavy atom. The van der Waals surface area contributed by atoms with Gasteiger partial charge in [0.05, 0.1) is 6.04 Å². The lowest BCUT2D eigenvalue weighted by molar-refractivity contribution is 0.601. The van der Waals surface area contributed by atoms with Crippen molar-refractivity contribution in [2.75, 3.05) is 0 Å². The molecule has 2 rings (SSSR count). The summed E-state index contributed by atoms with van der Waals surface area (Å²) in [6.45, 7) is 4.83. The second-order valence-electron chi connectivity index (χ2n) is 4.52. The summed E-state index contributed by atoms with van der Waals surface area (Å²) < 4.78 is 15.4. The van der Waals surface area contributed by atoms with E-state index in [1.807, 2.05) is 23.8 Å². The molecule has 4 heteroatoms. The van der Waals surface area contributed by atoms with Gasteiger partial charge in [0.1, 0.15) is 11.6 Å². The number of hydrogen-bond acceptors (Lipinski definition) is 2. The second kappa shape index (κ2) is 5.31. The van der Waals surface area contributed by atoms with Gasteiger partial charge in [-0.05, 0) is 36.6 Å². The van der Waals surface area contributed by atoms with E-state index in [4.69, 9.17) is 5.73 Å². The lowest BCUT2D eigenvalue weighted by atomic mass is 10.0. The van der Waals surface area contributed by atoms with Gasteiger partial charge >= 0.3 is 0 Å². The van der Waals surface area contributed by atoms with Crippen LogP contribution in [0.5, 0.6) is 0 Å². The number of nitrogens with zero attached hydrogens (tertiary/aromatic N) is 2. The number of rotatable bonds is 4. The van der Waals surface area contributed by atoms with Crippen LogP contribution in [0, 0.1) is 12.7 Å². The Kier molecular flexibility index (Phi) is 3.77. The molecule has 96 valence electrons. The molecule has 0 spiro atoms. The smallest absolute Gasteiger partial charge is 0.130 e. The van der Waals surface area contributed by atoms with Crippen LogP contribution in [0.15, 0.2) is 30.6 Å². The minimum atomic E-state index is -0.388. The topological polar surface area (TPSA) is 43.8 Å². The molecule has 2 aromatic rings. The maximum Gasteiger partial charge on any atom is 0.130 e. The third-order valence-corrected chi connectivity index (χ3v) is 2.91. The van der Waals surface area contributed by atoms with Crippen molar-refractivity contribution in [3.8, 4) is 0 Å². The normalized spacial score (nSPS) is 12.7. The van der Waals surface area contributed by atoms with Gasteiger partial charge in [-0.1, -0.05) is 13.0 Å². The van der Waals surface area contributed by atoms with Crippen molar-refractivity contribution >= 4 is 0 Å². The van der Waals surface area contributed by atoms with E-state index in [-0.39, 0.29) is 11.9 Å². The van der Waals surface area contributed by atoms with Gasteiger partial charge in [-0.2, -0.15) is 0 Å². The average Bonchev–Trinajstić information content (AvgIpc) is 2.75. The zero-order valence-corrected chi connectivity index (χ0v) is 10.7. The van der Waals surface area contributed by atoms with Crippen LogP contribution < -0.4 is 5.73 Å². The minimum absolute atomic E-state index is 0.256. The molecule has 0 aliphatic carbocycles. The molecule has 0 aliphatic heterocycles. The van der Waals surface area contributed by atoms with Crippen molar-refractivity contribution in [2.45, 2.75) is 32.9 Å². The quantitative estimate of drug-likeness (QED) is 0.902. The fourth-order valence-electron chi connectivity index (χ4n) is 2.12. The van der Waals surface area contributed by atoms with Crippen molar-refractivity contribution < 1.29 is 4.39 Å². The summed E-state index contributed by atoms with van der Waals surface area (Å²) >= 11 is 0. The molecule has 0 amide bonds. The second-order valence-corrected chi connectivity index (χ2v) is 4.52. The van der Waals surface area contributed by atoms with Crippen molar-refractivity contribution in [1.82, 2.24) is 9.55 Å². The number of nitrogens with two attached hydrogens (primary N) is 1. The molecule has 1 aromatic heterocycles. The Balaban J connectivity index is 2.34. The molecule has 1 heterocycles. The van der Waals surface area contributed by atoms with Gasteiger partial charge in [0, 0.05) is 18.9 Å². The van der Waals surface area contributed by atoms with E-state index < -0.39 is 0 Å². The summed E-state index contributed by atoms with van der Waals surface area (Å²) in [7, 11) is 0. The van der Waals surface area contributed by atoms with Crippen LogP contribution in [-0.4, -0.2) is 9.55 Å². The summed E-state index contributed by atoms with van der Waals surface area (Å²) in [6, 6.07) is 4.48. The van der Waals surface area contributed by atoms with Crippen LogP contribution in [0.2, 0.25) is 0 Å². The van der Waals surface area contributed by atoms with E-state index in [1.54, 1.807) is 6.20 Å². The third-order valence-electron chi connectivity index (χ3n) is 2.91. The summed E-state index contributed by atoms with van der Waals surface area (Å²) in [5.41, 5.74) is 7.81. The fourth-order valence-corrected chi connectivity index (χ4v) is 2.12. The van der Waals surface area contributed by atoms with E-state index in [0.29, 0.717) is 0 Å². The number of halogens is 1. The molecule has 0 aliphatic rings. The first kappa shape index (κ1) is 12.8. The van der Waals surface area contributed by atoms with E-state index in [1.165, 1.54) is 12.1 Å². The lowest BCUT2D eigenvalue weighted by Gasteiger charge is -2.14. The number of aromatic nitrogens is 2. The minimum Gasteiger partial charge on any atom is -0.333 e. The van der Waals surface area contributed by atoms with Gasteiger partial charge in [-0.15, -0.1) is 0 Å². The highest BCUT2D eigenvalue weighted by molar-refractivity contribution is 5.29. The zero-order chi connectivity index (χ0) is 13.1. The summed E-state index contributed by atoms with van der Waals surface area (Å²) in [5, 5.41) is 0. The highest BCUT2D eigenvalue weighted by Gasteiger charge is 2.15. The van der Waals surface area contributed by atoms with Gasteiger partial charge in [-0.3, -0.25) is 0 Å². The lowest BCUT2D eigenvalue weighted by Crippen LogP contribution is -2.18. The maximum atomic E-state index is 13.4. The Morgan fingerprint density at radius 2 is 2.17 bits per heavy atom. The molecule has 2 N–H and O–H groups in total. The largest absolute Gasteiger partial charge is 0.333 e. The van der Waals surface area contributed by atoms with Crippen LogP contribution in [-0.2, 0) is 6.54 Å². The van der Waals surface area contributed by atoms with Crippen LogP contribution in [0.25, 0.3) is 0 Å². The molecule has 1 aromatic carbocycles. The molecular formula is C14H18FN3. The van der Waals surface area contributed by atoms with E-state index >= 15 is 0 Å². The third kappa shape index (κ3) is 2.59. The average molecular weight is 247 g/mol. The molecule has 0 bridgehead atoms. The van der Waals surface area contributed by atoms with Gasteiger partial charge in [0.2, 0.25) is 0 Å². The first-order chi connectivity index (χ1) is 8.61. The number of imidazole rings is 1. The zero-order valence-electron chi connectivity index (χ0n) is 10.7. The van der Waals surface area contributed by atoms with Gasteiger partial charge in [-0.25, -0.2) is 9.37 Å². The van der Waals surface area contributed by atoms with E-state index in [0.717, 1.165) is 29.9 Å². The summed E-state index contributed by atoms with van der Waals surface area (Å²) in [5.74, 6) is 0.524. The van der Waals surface area contributed by atoms with Crippen molar-refractivity contribution in [3.63, 3.8) is 0 Å². The fraction of sp³-hybridized carbons (Fsp3) is 0.357. The Bertz CT molecular complexity index is 513. The molecular weight excluding hydrogens is 229 g/mol. The highest BCUT2D eigenvalue weighted by Crippen LogP contribution is 2.20. The Labute approximate surface area is 106 Å². The molecule has 1 unspecified atom stereocenters. The number of hydrogen-bond donors (Lipinski definition) is 1. The molecule has 0 saturated heterocycles. The molecule has 0 radical (unpaired) electrons.